The minimum absolute atomic E-state index is 0.145. The van der Waals surface area contributed by atoms with Gasteiger partial charge >= 0.3 is 0 Å². The summed E-state index contributed by atoms with van der Waals surface area (Å²) in [6.45, 7) is 4.03. The van der Waals surface area contributed by atoms with Crippen LogP contribution in [-0.2, 0) is 32.2 Å². The number of hydrogen-bond donors (Lipinski definition) is 0. The molecule has 2 rings (SSSR count). The molecule has 2 aromatic heterocycles. The smallest absolute Gasteiger partial charge is 0.146 e. The molecule has 2 heterocycles. The minimum atomic E-state index is -0.384. The lowest BCUT2D eigenvalue weighted by atomic mass is 10.2. The number of aryl methyl sites for hydroxylation is 2. The molecule has 0 aromatic carbocycles. The molecule has 0 fully saturated rings. The van der Waals surface area contributed by atoms with Gasteiger partial charge < -0.3 is 18.9 Å². The second-order valence-electron chi connectivity index (χ2n) is 5.43. The maximum absolute atomic E-state index is 13.1. The molecule has 0 N–H and O–H groups in total. The molecular weight excluding hydrogens is 382 g/mol. The standard InChI is InChI=1S/C9H11ClFNO2.C9H12FNO2/c1-6-8(11)3-7(9(10)12-6)4-14-5-13-2;1-7-9(10)3-8(4-11-7)5-13-6-12-2/h3H,4-5H2,1-2H3;3-4H,5-6H2,1-2H3. The fourth-order valence-corrected chi connectivity index (χ4v) is 2.03. The highest BCUT2D eigenvalue weighted by Crippen LogP contribution is 2.17. The molecule has 9 heteroatoms. The van der Waals surface area contributed by atoms with Crippen LogP contribution >= 0.6 is 11.6 Å². The molecule has 0 atom stereocenters. The van der Waals surface area contributed by atoms with Gasteiger partial charge in [0, 0.05) is 26.0 Å². The van der Waals surface area contributed by atoms with Crippen LogP contribution in [0.2, 0.25) is 5.15 Å². The van der Waals surface area contributed by atoms with E-state index in [1.165, 1.54) is 26.4 Å². The van der Waals surface area contributed by atoms with E-state index in [-0.39, 0.29) is 42.7 Å². The highest BCUT2D eigenvalue weighted by molar-refractivity contribution is 6.30. The van der Waals surface area contributed by atoms with E-state index in [0.717, 1.165) is 0 Å². The summed E-state index contributed by atoms with van der Waals surface area (Å²) in [6.07, 6.45) is 1.59. The summed E-state index contributed by atoms with van der Waals surface area (Å²) in [7, 11) is 3.05. The van der Waals surface area contributed by atoms with Gasteiger partial charge in [0.05, 0.1) is 24.6 Å². The largest absolute Gasteiger partial charge is 0.359 e. The zero-order valence-corrected chi connectivity index (χ0v) is 16.5. The van der Waals surface area contributed by atoms with Gasteiger partial charge in [-0.3, -0.25) is 4.98 Å². The first-order valence-corrected chi connectivity index (χ1v) is 8.32. The van der Waals surface area contributed by atoms with E-state index in [2.05, 4.69) is 19.4 Å². The monoisotopic (exact) mass is 404 g/mol. The Morgan fingerprint density at radius 3 is 2.11 bits per heavy atom. The lowest BCUT2D eigenvalue weighted by Gasteiger charge is -2.06. The number of methoxy groups -OCH3 is 2. The Kier molecular flexibility index (Phi) is 10.9. The summed E-state index contributed by atoms with van der Waals surface area (Å²) in [6, 6.07) is 2.73. The molecular formula is C18H23ClF2N2O4. The lowest BCUT2D eigenvalue weighted by molar-refractivity contribution is -0.0393. The number of nitrogens with zero attached hydrogens (tertiary/aromatic N) is 2. The molecule has 0 saturated heterocycles. The van der Waals surface area contributed by atoms with Crippen LogP contribution in [0.3, 0.4) is 0 Å². The van der Waals surface area contributed by atoms with Gasteiger partial charge in [-0.1, -0.05) is 11.6 Å². The summed E-state index contributed by atoms with van der Waals surface area (Å²) < 4.78 is 45.4. The fourth-order valence-electron chi connectivity index (χ4n) is 1.79. The van der Waals surface area contributed by atoms with E-state index in [1.807, 2.05) is 0 Å². The second kappa shape index (κ2) is 12.6. The van der Waals surface area contributed by atoms with Gasteiger partial charge in [-0.25, -0.2) is 13.8 Å². The van der Waals surface area contributed by atoms with E-state index in [0.29, 0.717) is 23.4 Å². The molecule has 0 radical (unpaired) electrons. The first-order valence-electron chi connectivity index (χ1n) is 7.94. The van der Waals surface area contributed by atoms with Crippen LogP contribution in [0.25, 0.3) is 0 Å². The average Bonchev–Trinajstić information content (AvgIpc) is 2.63. The van der Waals surface area contributed by atoms with Gasteiger partial charge in [0.15, 0.2) is 0 Å². The van der Waals surface area contributed by atoms with Crippen LogP contribution in [0.1, 0.15) is 22.5 Å². The predicted octanol–water partition coefficient (Wildman–Crippen LogP) is 3.95. The van der Waals surface area contributed by atoms with Crippen molar-refractivity contribution < 1.29 is 27.7 Å². The number of pyridine rings is 2. The third kappa shape index (κ3) is 8.68. The van der Waals surface area contributed by atoms with Crippen LogP contribution in [0.5, 0.6) is 0 Å². The van der Waals surface area contributed by atoms with Crippen molar-refractivity contribution in [2.45, 2.75) is 27.1 Å². The van der Waals surface area contributed by atoms with Crippen molar-refractivity contribution in [3.63, 3.8) is 0 Å². The van der Waals surface area contributed by atoms with Gasteiger partial charge in [0.25, 0.3) is 0 Å². The van der Waals surface area contributed by atoms with E-state index >= 15 is 0 Å². The van der Waals surface area contributed by atoms with Crippen LogP contribution < -0.4 is 0 Å². The molecule has 2 aromatic rings. The molecule has 150 valence electrons. The second-order valence-corrected chi connectivity index (χ2v) is 5.78. The highest BCUT2D eigenvalue weighted by atomic mass is 35.5. The maximum Gasteiger partial charge on any atom is 0.146 e. The van der Waals surface area contributed by atoms with Crippen LogP contribution in [0.15, 0.2) is 18.3 Å². The van der Waals surface area contributed by atoms with Gasteiger partial charge in [-0.2, -0.15) is 0 Å². The Labute approximate surface area is 162 Å². The van der Waals surface area contributed by atoms with E-state index in [4.69, 9.17) is 21.1 Å². The van der Waals surface area contributed by atoms with Crippen molar-refractivity contribution in [3.8, 4) is 0 Å². The third-order valence-electron chi connectivity index (χ3n) is 3.19. The summed E-state index contributed by atoms with van der Waals surface area (Å²) >= 11 is 5.78. The highest BCUT2D eigenvalue weighted by Gasteiger charge is 2.07. The van der Waals surface area contributed by atoms with Crippen molar-refractivity contribution in [2.75, 3.05) is 27.8 Å². The molecule has 27 heavy (non-hydrogen) atoms. The molecule has 0 aliphatic carbocycles. The number of halogens is 3. The Hall–Kier alpha value is -1.71. The first-order chi connectivity index (χ1) is 12.9. The van der Waals surface area contributed by atoms with Crippen LogP contribution in [0, 0.1) is 25.5 Å². The zero-order chi connectivity index (χ0) is 20.2. The van der Waals surface area contributed by atoms with Gasteiger partial charge in [-0.15, -0.1) is 0 Å². The van der Waals surface area contributed by atoms with Gasteiger partial charge in [0.1, 0.15) is 30.4 Å². The normalized spacial score (nSPS) is 10.5. The fraction of sp³-hybridized carbons (Fsp3) is 0.444. The Balaban J connectivity index is 0.000000271. The Morgan fingerprint density at radius 2 is 1.52 bits per heavy atom. The van der Waals surface area contributed by atoms with E-state index in [9.17, 15) is 8.78 Å². The first kappa shape index (κ1) is 23.3. The van der Waals surface area contributed by atoms with E-state index < -0.39 is 0 Å². The Bertz CT molecular complexity index is 720. The predicted molar refractivity (Wildman–Crippen MR) is 96.2 cm³/mol. The summed E-state index contributed by atoms with van der Waals surface area (Å²) in [5.41, 5.74) is 1.91. The molecule has 0 unspecified atom stereocenters. The average molecular weight is 405 g/mol. The van der Waals surface area contributed by atoms with Crippen molar-refractivity contribution in [1.29, 1.82) is 0 Å². The quantitative estimate of drug-likeness (QED) is 0.377. The van der Waals surface area contributed by atoms with Crippen molar-refractivity contribution in [2.24, 2.45) is 0 Å². The molecule has 0 spiro atoms. The number of aromatic nitrogens is 2. The van der Waals surface area contributed by atoms with Crippen molar-refractivity contribution >= 4 is 11.6 Å². The zero-order valence-electron chi connectivity index (χ0n) is 15.7. The number of hydrogen-bond acceptors (Lipinski definition) is 6. The van der Waals surface area contributed by atoms with Gasteiger partial charge in [0.2, 0.25) is 0 Å². The van der Waals surface area contributed by atoms with Crippen molar-refractivity contribution in [1.82, 2.24) is 9.97 Å². The molecule has 0 bridgehead atoms. The minimum Gasteiger partial charge on any atom is -0.359 e. The summed E-state index contributed by atoms with van der Waals surface area (Å²) in [5, 5.41) is 0.264. The van der Waals surface area contributed by atoms with Crippen molar-refractivity contribution in [3.05, 3.63) is 57.6 Å². The van der Waals surface area contributed by atoms with E-state index in [1.54, 1.807) is 20.0 Å². The Morgan fingerprint density at radius 1 is 0.926 bits per heavy atom. The molecule has 0 amide bonds. The van der Waals surface area contributed by atoms with Crippen LogP contribution in [0.4, 0.5) is 8.78 Å². The SMILES string of the molecule is COCOCc1cc(F)c(C)nc1Cl.COCOCc1cnc(C)c(F)c1. The van der Waals surface area contributed by atoms with Gasteiger partial charge in [-0.05, 0) is 31.5 Å². The van der Waals surface area contributed by atoms with Crippen LogP contribution in [-0.4, -0.2) is 37.8 Å². The molecule has 0 saturated carbocycles. The molecule has 6 nitrogen and oxygen atoms in total. The number of ether oxygens (including phenoxy) is 4. The summed E-state index contributed by atoms with van der Waals surface area (Å²) in [5.74, 6) is -0.691. The lowest BCUT2D eigenvalue weighted by Crippen LogP contribution is -2.00. The maximum atomic E-state index is 13.1. The third-order valence-corrected chi connectivity index (χ3v) is 3.52. The topological polar surface area (TPSA) is 62.7 Å². The summed E-state index contributed by atoms with van der Waals surface area (Å²) in [4.78, 5) is 7.68. The molecule has 0 aliphatic heterocycles. The molecule has 0 aliphatic rings. The number of rotatable bonds is 8.